The second-order valence-corrected chi connectivity index (χ2v) is 7.72. The summed E-state index contributed by atoms with van der Waals surface area (Å²) in [5.41, 5.74) is 6.44. The Kier molecular flexibility index (Phi) is 4.36. The van der Waals surface area contributed by atoms with Gasteiger partial charge in [0.1, 0.15) is 11.9 Å². The second kappa shape index (κ2) is 5.71. The second-order valence-electron chi connectivity index (χ2n) is 4.71. The summed E-state index contributed by atoms with van der Waals surface area (Å²) in [6.07, 6.45) is -0.483. The van der Waals surface area contributed by atoms with Crippen LogP contribution < -0.4 is 10.5 Å². The highest BCUT2D eigenvalue weighted by Gasteiger charge is 2.35. The highest BCUT2D eigenvalue weighted by molar-refractivity contribution is 9.10. The number of halogens is 1. The summed E-state index contributed by atoms with van der Waals surface area (Å²) < 4.78 is 28.3. The Morgan fingerprint density at radius 3 is 2.65 bits per heavy atom. The van der Waals surface area contributed by atoms with Crippen molar-refractivity contribution in [3.05, 3.63) is 28.2 Å². The smallest absolute Gasteiger partial charge is 0.305 e. The van der Waals surface area contributed by atoms with Crippen LogP contribution in [0.15, 0.2) is 22.7 Å². The molecule has 0 aromatic heterocycles. The molecule has 0 amide bonds. The van der Waals surface area contributed by atoms with Crippen LogP contribution in [0.1, 0.15) is 18.0 Å². The summed E-state index contributed by atoms with van der Waals surface area (Å²) >= 11 is 3.31. The minimum Gasteiger partial charge on any atom is -0.487 e. The van der Waals surface area contributed by atoms with E-state index < -0.39 is 21.8 Å². The molecule has 1 heterocycles. The largest absolute Gasteiger partial charge is 0.487 e. The third-order valence-corrected chi connectivity index (χ3v) is 5.33. The number of ether oxygens (including phenoxy) is 1. The van der Waals surface area contributed by atoms with Gasteiger partial charge < -0.3 is 15.6 Å². The summed E-state index contributed by atoms with van der Waals surface area (Å²) in [6.45, 7) is 0. The third-order valence-electron chi connectivity index (χ3n) is 2.95. The number of nitrogens with two attached hydrogens (primary N) is 1. The first-order valence-corrected chi connectivity index (χ1v) is 8.52. The fraction of sp³-hybridized carbons (Fsp3) is 0.417. The van der Waals surface area contributed by atoms with Gasteiger partial charge in [0.25, 0.3) is 0 Å². The SMILES string of the molecule is NC(CC(=O)O)c1ccc(OC2CS(=O)(=O)C2)c(Br)c1. The number of hydrogen-bond acceptors (Lipinski definition) is 5. The molecule has 1 unspecified atom stereocenters. The lowest BCUT2D eigenvalue weighted by Crippen LogP contribution is -2.45. The molecule has 0 bridgehead atoms. The van der Waals surface area contributed by atoms with Crippen molar-refractivity contribution in [2.45, 2.75) is 18.6 Å². The summed E-state index contributed by atoms with van der Waals surface area (Å²) in [4.78, 5) is 10.6. The van der Waals surface area contributed by atoms with Crippen LogP contribution in [0.2, 0.25) is 0 Å². The summed E-state index contributed by atoms with van der Waals surface area (Å²) in [6, 6.07) is 4.44. The predicted octanol–water partition coefficient (Wildman–Crippen LogP) is 1.10. The molecule has 1 atom stereocenters. The maximum atomic E-state index is 11.1. The van der Waals surface area contributed by atoms with Gasteiger partial charge in [-0.3, -0.25) is 4.79 Å². The highest BCUT2D eigenvalue weighted by Crippen LogP contribution is 2.31. The molecule has 0 aliphatic carbocycles. The Morgan fingerprint density at radius 2 is 2.15 bits per heavy atom. The number of hydrogen-bond donors (Lipinski definition) is 2. The van der Waals surface area contributed by atoms with E-state index in [9.17, 15) is 13.2 Å². The molecule has 1 aliphatic heterocycles. The molecule has 3 N–H and O–H groups in total. The molecular formula is C12H14BrNO5S. The van der Waals surface area contributed by atoms with Gasteiger partial charge in [-0.2, -0.15) is 0 Å². The van der Waals surface area contributed by atoms with Crippen molar-refractivity contribution >= 4 is 31.7 Å². The third kappa shape index (κ3) is 3.71. The Labute approximate surface area is 125 Å². The maximum absolute atomic E-state index is 11.1. The molecule has 1 saturated heterocycles. The molecule has 1 aliphatic rings. The lowest BCUT2D eigenvalue weighted by molar-refractivity contribution is -0.137. The van der Waals surface area contributed by atoms with Gasteiger partial charge in [0, 0.05) is 6.04 Å². The van der Waals surface area contributed by atoms with Gasteiger partial charge in [0.2, 0.25) is 0 Å². The molecule has 1 fully saturated rings. The fourth-order valence-corrected chi connectivity index (χ4v) is 3.58. The topological polar surface area (TPSA) is 107 Å². The van der Waals surface area contributed by atoms with Crippen molar-refractivity contribution in [2.75, 3.05) is 11.5 Å². The molecule has 20 heavy (non-hydrogen) atoms. The maximum Gasteiger partial charge on any atom is 0.305 e. The average molecular weight is 364 g/mol. The van der Waals surface area contributed by atoms with Crippen LogP contribution in [0.5, 0.6) is 5.75 Å². The number of carbonyl (C=O) groups is 1. The van der Waals surface area contributed by atoms with Crippen LogP contribution in [0.25, 0.3) is 0 Å². The fourth-order valence-electron chi connectivity index (χ4n) is 1.91. The van der Waals surface area contributed by atoms with Crippen molar-refractivity contribution in [2.24, 2.45) is 5.73 Å². The number of carboxylic acid groups (broad SMARTS) is 1. The highest BCUT2D eigenvalue weighted by atomic mass is 79.9. The molecule has 0 saturated carbocycles. The Morgan fingerprint density at radius 1 is 1.50 bits per heavy atom. The Bertz CT molecular complexity index is 619. The van der Waals surface area contributed by atoms with Crippen LogP contribution in [0, 0.1) is 0 Å². The first kappa shape index (κ1) is 15.3. The van der Waals surface area contributed by atoms with E-state index in [1.165, 1.54) is 0 Å². The molecular weight excluding hydrogens is 350 g/mol. The van der Waals surface area contributed by atoms with E-state index >= 15 is 0 Å². The van der Waals surface area contributed by atoms with Gasteiger partial charge >= 0.3 is 5.97 Å². The summed E-state index contributed by atoms with van der Waals surface area (Å²) in [5, 5.41) is 8.70. The van der Waals surface area contributed by atoms with Crippen LogP contribution in [0.4, 0.5) is 0 Å². The van der Waals surface area contributed by atoms with E-state index in [2.05, 4.69) is 15.9 Å². The minimum absolute atomic E-state index is 0.0275. The molecule has 1 aromatic rings. The van der Waals surface area contributed by atoms with Gasteiger partial charge in [0.05, 0.1) is 22.4 Å². The van der Waals surface area contributed by atoms with Gasteiger partial charge in [-0.15, -0.1) is 0 Å². The van der Waals surface area contributed by atoms with Crippen molar-refractivity contribution in [3.63, 3.8) is 0 Å². The lowest BCUT2D eigenvalue weighted by Gasteiger charge is -2.27. The van der Waals surface area contributed by atoms with Crippen molar-refractivity contribution < 1.29 is 23.1 Å². The molecule has 110 valence electrons. The van der Waals surface area contributed by atoms with Crippen molar-refractivity contribution in [3.8, 4) is 5.75 Å². The van der Waals surface area contributed by atoms with E-state index in [-0.39, 0.29) is 24.0 Å². The van der Waals surface area contributed by atoms with E-state index in [1.807, 2.05) is 0 Å². The first-order chi connectivity index (χ1) is 9.27. The van der Waals surface area contributed by atoms with E-state index in [4.69, 9.17) is 15.6 Å². The molecule has 1 aromatic carbocycles. The van der Waals surface area contributed by atoms with Crippen LogP contribution in [-0.2, 0) is 14.6 Å². The Balaban J connectivity index is 2.04. The average Bonchev–Trinajstić information content (AvgIpc) is 2.28. The lowest BCUT2D eigenvalue weighted by atomic mass is 10.0. The van der Waals surface area contributed by atoms with E-state index in [1.54, 1.807) is 18.2 Å². The normalized spacial score (nSPS) is 19.1. The zero-order valence-corrected chi connectivity index (χ0v) is 12.9. The minimum atomic E-state index is -2.92. The first-order valence-electron chi connectivity index (χ1n) is 5.91. The molecule has 0 radical (unpaired) electrons. The van der Waals surface area contributed by atoms with Crippen LogP contribution in [0.3, 0.4) is 0 Å². The molecule has 8 heteroatoms. The number of carboxylic acids is 1. The van der Waals surface area contributed by atoms with Gasteiger partial charge in [-0.05, 0) is 33.6 Å². The number of rotatable bonds is 5. The predicted molar refractivity (Wildman–Crippen MR) is 76.4 cm³/mol. The molecule has 2 rings (SSSR count). The van der Waals surface area contributed by atoms with Crippen molar-refractivity contribution in [1.82, 2.24) is 0 Å². The zero-order valence-electron chi connectivity index (χ0n) is 10.5. The number of benzene rings is 1. The van der Waals surface area contributed by atoms with Crippen LogP contribution in [-0.4, -0.2) is 37.1 Å². The zero-order chi connectivity index (χ0) is 14.9. The summed E-state index contributed by atoms with van der Waals surface area (Å²) in [7, 11) is -2.92. The standard InChI is InChI=1S/C12H14BrNO5S/c13-9-3-7(10(14)4-12(15)16)1-2-11(9)19-8-5-20(17,18)6-8/h1-3,8,10H,4-6,14H2,(H,15,16). The van der Waals surface area contributed by atoms with Gasteiger partial charge in [-0.1, -0.05) is 6.07 Å². The number of sulfone groups is 1. The quantitative estimate of drug-likeness (QED) is 0.810. The molecule has 0 spiro atoms. The summed E-state index contributed by atoms with van der Waals surface area (Å²) in [5.74, 6) is -0.385. The number of aliphatic carboxylic acids is 1. The van der Waals surface area contributed by atoms with E-state index in [0.717, 1.165) is 0 Å². The van der Waals surface area contributed by atoms with Gasteiger partial charge in [0.15, 0.2) is 9.84 Å². The molecule has 6 nitrogen and oxygen atoms in total. The van der Waals surface area contributed by atoms with E-state index in [0.29, 0.717) is 15.8 Å². The monoisotopic (exact) mass is 363 g/mol. The van der Waals surface area contributed by atoms with Gasteiger partial charge in [-0.25, -0.2) is 8.42 Å². The Hall–Kier alpha value is -1.12. The van der Waals surface area contributed by atoms with Crippen LogP contribution >= 0.6 is 15.9 Å². The van der Waals surface area contributed by atoms with Crippen molar-refractivity contribution in [1.29, 1.82) is 0 Å².